The standard InChI is InChI=1S/C14H20N2O3S/c1-4-9(17)12-11(15)10(14(18)19-3)13(20-12)16(2)7-8-5-6-8/h8H,4-7,15H2,1-3H3. The van der Waals surface area contributed by atoms with Crippen LogP contribution >= 0.6 is 11.3 Å². The van der Waals surface area contributed by atoms with Crippen molar-refractivity contribution in [2.75, 3.05) is 31.3 Å². The molecule has 6 heteroatoms. The number of esters is 1. The van der Waals surface area contributed by atoms with Crippen LogP contribution in [0, 0.1) is 5.92 Å². The summed E-state index contributed by atoms with van der Waals surface area (Å²) in [5.74, 6) is 0.162. The second kappa shape index (κ2) is 5.83. The molecule has 0 aliphatic heterocycles. The first-order valence-electron chi connectivity index (χ1n) is 6.74. The van der Waals surface area contributed by atoms with Crippen LogP contribution in [0.5, 0.6) is 0 Å². The highest BCUT2D eigenvalue weighted by Crippen LogP contribution is 2.40. The number of thiophene rings is 1. The molecule has 2 N–H and O–H groups in total. The van der Waals surface area contributed by atoms with Gasteiger partial charge in [-0.05, 0) is 18.8 Å². The van der Waals surface area contributed by atoms with Crippen LogP contribution in [0.1, 0.15) is 46.2 Å². The molecule has 1 heterocycles. The molecular formula is C14H20N2O3S. The Morgan fingerprint density at radius 2 is 2.10 bits per heavy atom. The van der Waals surface area contributed by atoms with Crippen LogP contribution in [0.2, 0.25) is 0 Å². The van der Waals surface area contributed by atoms with Crippen LogP contribution in [-0.2, 0) is 4.74 Å². The molecule has 0 bridgehead atoms. The third-order valence-electron chi connectivity index (χ3n) is 3.47. The number of nitrogens with two attached hydrogens (primary N) is 1. The number of methoxy groups -OCH3 is 1. The molecule has 110 valence electrons. The maximum absolute atomic E-state index is 12.0. The molecule has 1 aliphatic rings. The van der Waals surface area contributed by atoms with Crippen molar-refractivity contribution in [2.24, 2.45) is 5.92 Å². The van der Waals surface area contributed by atoms with E-state index in [4.69, 9.17) is 10.5 Å². The van der Waals surface area contributed by atoms with Crippen LogP contribution in [0.15, 0.2) is 0 Å². The zero-order valence-electron chi connectivity index (χ0n) is 12.1. The van der Waals surface area contributed by atoms with Crippen molar-refractivity contribution in [3.05, 3.63) is 10.4 Å². The minimum Gasteiger partial charge on any atom is -0.465 e. The number of hydrogen-bond acceptors (Lipinski definition) is 6. The van der Waals surface area contributed by atoms with Gasteiger partial charge in [0.1, 0.15) is 10.6 Å². The molecule has 2 rings (SSSR count). The van der Waals surface area contributed by atoms with Crippen molar-refractivity contribution in [2.45, 2.75) is 26.2 Å². The van der Waals surface area contributed by atoms with Crippen molar-refractivity contribution in [1.82, 2.24) is 0 Å². The summed E-state index contributed by atoms with van der Waals surface area (Å²) < 4.78 is 4.81. The monoisotopic (exact) mass is 296 g/mol. The predicted molar refractivity (Wildman–Crippen MR) is 80.7 cm³/mol. The summed E-state index contributed by atoms with van der Waals surface area (Å²) in [6.07, 6.45) is 2.82. The Kier molecular flexibility index (Phi) is 4.32. The molecule has 0 atom stereocenters. The first kappa shape index (κ1) is 14.8. The number of ether oxygens (including phenoxy) is 1. The molecule has 5 nitrogen and oxygen atoms in total. The second-order valence-corrected chi connectivity index (χ2v) is 6.12. The lowest BCUT2D eigenvalue weighted by atomic mass is 10.1. The molecule has 0 unspecified atom stereocenters. The fourth-order valence-electron chi connectivity index (χ4n) is 2.14. The summed E-state index contributed by atoms with van der Waals surface area (Å²) in [5, 5.41) is 0.734. The first-order chi connectivity index (χ1) is 9.49. The Hall–Kier alpha value is -1.56. The molecule has 1 aromatic heterocycles. The van der Waals surface area contributed by atoms with Gasteiger partial charge >= 0.3 is 5.97 Å². The Balaban J connectivity index is 2.41. The summed E-state index contributed by atoms with van der Waals surface area (Å²) >= 11 is 1.29. The molecule has 1 aliphatic carbocycles. The molecule has 1 fully saturated rings. The highest BCUT2D eigenvalue weighted by Gasteiger charge is 2.30. The summed E-state index contributed by atoms with van der Waals surface area (Å²) in [6.45, 7) is 2.66. The average molecular weight is 296 g/mol. The van der Waals surface area contributed by atoms with Gasteiger partial charge in [0, 0.05) is 20.0 Å². The molecule has 0 amide bonds. The number of nitrogen functional groups attached to an aromatic ring is 1. The van der Waals surface area contributed by atoms with Gasteiger partial charge in [-0.25, -0.2) is 4.79 Å². The van der Waals surface area contributed by atoms with Crippen LogP contribution in [0.25, 0.3) is 0 Å². The minimum atomic E-state index is -0.480. The van der Waals surface area contributed by atoms with Gasteiger partial charge in [-0.1, -0.05) is 6.92 Å². The second-order valence-electron chi connectivity index (χ2n) is 5.12. The highest BCUT2D eigenvalue weighted by atomic mass is 32.1. The summed E-state index contributed by atoms with van der Waals surface area (Å²) in [6, 6.07) is 0. The molecule has 0 saturated heterocycles. The van der Waals surface area contributed by atoms with Crippen molar-refractivity contribution < 1.29 is 14.3 Å². The molecular weight excluding hydrogens is 276 g/mol. The van der Waals surface area contributed by atoms with Crippen LogP contribution in [-0.4, -0.2) is 32.5 Å². The number of carbonyl (C=O) groups is 2. The largest absolute Gasteiger partial charge is 0.465 e. The van der Waals surface area contributed by atoms with E-state index in [1.54, 1.807) is 6.92 Å². The van der Waals surface area contributed by atoms with Gasteiger partial charge in [0.2, 0.25) is 0 Å². The predicted octanol–water partition coefficient (Wildman–Crippen LogP) is 2.56. The number of rotatable bonds is 6. The molecule has 0 aromatic carbocycles. The lowest BCUT2D eigenvalue weighted by Gasteiger charge is -2.18. The molecule has 1 saturated carbocycles. The lowest BCUT2D eigenvalue weighted by Crippen LogP contribution is -2.21. The van der Waals surface area contributed by atoms with E-state index in [-0.39, 0.29) is 11.5 Å². The van der Waals surface area contributed by atoms with Crippen LogP contribution < -0.4 is 10.6 Å². The molecule has 0 spiro atoms. The van der Waals surface area contributed by atoms with Gasteiger partial charge in [0.05, 0.1) is 17.7 Å². The number of hydrogen-bond donors (Lipinski definition) is 1. The van der Waals surface area contributed by atoms with E-state index >= 15 is 0 Å². The van der Waals surface area contributed by atoms with Crippen molar-refractivity contribution >= 4 is 33.8 Å². The zero-order chi connectivity index (χ0) is 14.9. The summed E-state index contributed by atoms with van der Waals surface area (Å²) in [4.78, 5) is 26.4. The Bertz CT molecular complexity index is 535. The lowest BCUT2D eigenvalue weighted by molar-refractivity contribution is 0.0603. The average Bonchev–Trinajstić information content (AvgIpc) is 3.18. The third-order valence-corrected chi connectivity index (χ3v) is 4.83. The van der Waals surface area contributed by atoms with E-state index in [2.05, 4.69) is 0 Å². The van der Waals surface area contributed by atoms with Crippen LogP contribution in [0.3, 0.4) is 0 Å². The fourth-order valence-corrected chi connectivity index (χ4v) is 3.33. The maximum Gasteiger partial charge on any atom is 0.343 e. The van der Waals surface area contributed by atoms with Crippen molar-refractivity contribution in [3.63, 3.8) is 0 Å². The van der Waals surface area contributed by atoms with Gasteiger partial charge in [-0.3, -0.25) is 4.79 Å². The number of ketones is 1. The Labute approximate surface area is 122 Å². The van der Waals surface area contributed by atoms with E-state index < -0.39 is 5.97 Å². The SMILES string of the molecule is CCC(=O)c1sc(N(C)CC2CC2)c(C(=O)OC)c1N. The van der Waals surface area contributed by atoms with E-state index in [0.717, 1.165) is 11.5 Å². The zero-order valence-corrected chi connectivity index (χ0v) is 12.9. The highest BCUT2D eigenvalue weighted by molar-refractivity contribution is 7.19. The number of Topliss-reactive ketones (excluding diaryl/α,β-unsaturated/α-hetero) is 1. The van der Waals surface area contributed by atoms with Crippen molar-refractivity contribution in [1.29, 1.82) is 0 Å². The topological polar surface area (TPSA) is 72.6 Å². The fraction of sp³-hybridized carbons (Fsp3) is 0.571. The van der Waals surface area contributed by atoms with Gasteiger partial charge < -0.3 is 15.4 Å². The third kappa shape index (κ3) is 2.80. The van der Waals surface area contributed by atoms with Crippen molar-refractivity contribution in [3.8, 4) is 0 Å². The van der Waals surface area contributed by atoms with E-state index in [1.165, 1.54) is 31.3 Å². The van der Waals surface area contributed by atoms with Gasteiger partial charge in [-0.15, -0.1) is 11.3 Å². The van der Waals surface area contributed by atoms with E-state index in [0.29, 0.717) is 22.8 Å². The van der Waals surface area contributed by atoms with E-state index in [1.807, 2.05) is 11.9 Å². The van der Waals surface area contributed by atoms with E-state index in [9.17, 15) is 9.59 Å². The van der Waals surface area contributed by atoms with Gasteiger partial charge in [-0.2, -0.15) is 0 Å². The van der Waals surface area contributed by atoms with Gasteiger partial charge in [0.25, 0.3) is 0 Å². The molecule has 0 radical (unpaired) electrons. The normalized spacial score (nSPS) is 14.2. The number of nitrogens with zero attached hydrogens (tertiary/aromatic N) is 1. The molecule has 1 aromatic rings. The molecule has 20 heavy (non-hydrogen) atoms. The van der Waals surface area contributed by atoms with Crippen LogP contribution in [0.4, 0.5) is 10.7 Å². The summed E-state index contributed by atoms with van der Waals surface area (Å²) in [5.41, 5.74) is 6.59. The number of carbonyl (C=O) groups excluding carboxylic acids is 2. The quantitative estimate of drug-likeness (QED) is 0.645. The summed E-state index contributed by atoms with van der Waals surface area (Å²) in [7, 11) is 3.25. The smallest absolute Gasteiger partial charge is 0.343 e. The Morgan fingerprint density at radius 3 is 2.60 bits per heavy atom. The minimum absolute atomic E-state index is 0.0382. The number of anilines is 2. The first-order valence-corrected chi connectivity index (χ1v) is 7.56. The Morgan fingerprint density at radius 1 is 1.45 bits per heavy atom. The van der Waals surface area contributed by atoms with Gasteiger partial charge in [0.15, 0.2) is 5.78 Å². The maximum atomic E-state index is 12.0.